The molecule has 0 spiro atoms. The molecule has 0 rings (SSSR count). The van der Waals surface area contributed by atoms with E-state index in [1.165, 1.54) is 0 Å². The van der Waals surface area contributed by atoms with Gasteiger partial charge in [0.2, 0.25) is 0 Å². The molecule has 0 aromatic rings. The van der Waals surface area contributed by atoms with Crippen molar-refractivity contribution in [3.05, 3.63) is 0 Å². The van der Waals surface area contributed by atoms with E-state index in [1.807, 2.05) is 0 Å². The maximum atomic E-state index is 12.6. The Morgan fingerprint density at radius 3 is 1.03 bits per heavy atom. The largest absolute Gasteiger partial charge is 0.353 e. The summed E-state index contributed by atoms with van der Waals surface area (Å²) in [6.45, 7) is -8.04. The van der Waals surface area contributed by atoms with Gasteiger partial charge in [-0.3, -0.25) is 0 Å². The third-order valence-corrected chi connectivity index (χ3v) is 2.83. The normalized spacial score (nSPS) is 17.0. The molecule has 0 aliphatic rings. The minimum atomic E-state index is -2.80. The maximum absolute atomic E-state index is 12.6. The predicted octanol–water partition coefficient (Wildman–Crippen LogP) is 2.81. The Morgan fingerprint density at radius 1 is 0.467 bits per heavy atom. The lowest BCUT2D eigenvalue weighted by atomic mass is 10.4. The summed E-state index contributed by atoms with van der Waals surface area (Å²) >= 11 is 0. The van der Waals surface area contributed by atoms with Crippen LogP contribution in [0.5, 0.6) is 0 Å². The molecule has 0 aliphatic heterocycles. The number of hydrogen-bond donors (Lipinski definition) is 0. The molecule has 182 valence electrons. The van der Waals surface area contributed by atoms with Crippen molar-refractivity contribution < 1.29 is 68.0 Å². The topological polar surface area (TPSA) is 47.1 Å². The van der Waals surface area contributed by atoms with Crippen molar-refractivity contribution in [1.82, 2.24) is 32.1 Å². The summed E-state index contributed by atoms with van der Waals surface area (Å²) in [6.07, 6.45) is -10.3. The Kier molecular flexibility index (Phi) is 14.2. The molecule has 0 fully saturated rings. The van der Waals surface area contributed by atoms with Crippen LogP contribution in [0, 0.1) is 0 Å². The Bertz CT molecular complexity index is 416. The molecule has 0 aromatic heterocycles. The molecule has 0 saturated carbocycles. The van der Waals surface area contributed by atoms with E-state index in [2.05, 4.69) is 14.2 Å². The smallest absolute Gasteiger partial charge is 0.188 e. The predicted molar refractivity (Wildman–Crippen MR) is 67.1 cm³/mol. The maximum Gasteiger partial charge on any atom is 0.188 e. The van der Waals surface area contributed by atoms with Gasteiger partial charge in [-0.1, -0.05) is 26.9 Å². The Morgan fingerprint density at radius 2 is 0.767 bits per heavy atom. The van der Waals surface area contributed by atoms with Gasteiger partial charge in [-0.05, 0) is 0 Å². The minimum Gasteiger partial charge on any atom is -0.353 e. The standard InChI is InChI=1S/C9H14F12N6O3/c10-22(11)1-7(25(16)17)28-4-6(30-9(27(20)21)3-24(14)15)5-29-8(26(18)19)2-23(12)13/h6-9H,1-5H2. The van der Waals surface area contributed by atoms with Crippen molar-refractivity contribution >= 4 is 0 Å². The molecule has 0 saturated heterocycles. The third kappa shape index (κ3) is 13.2. The molecule has 0 amide bonds. The van der Waals surface area contributed by atoms with Crippen molar-refractivity contribution in [3.63, 3.8) is 0 Å². The third-order valence-electron chi connectivity index (χ3n) is 2.83. The summed E-state index contributed by atoms with van der Waals surface area (Å²) in [4.78, 5) is 0. The molecule has 3 atom stereocenters. The van der Waals surface area contributed by atoms with Gasteiger partial charge in [-0.25, -0.2) is 0 Å². The summed E-state index contributed by atoms with van der Waals surface area (Å²) in [5.41, 5.74) is 0. The molecule has 30 heavy (non-hydrogen) atoms. The molecule has 21 heteroatoms. The summed E-state index contributed by atoms with van der Waals surface area (Å²) in [6, 6.07) is 0. The molecule has 3 unspecified atom stereocenters. The molecular formula is C9H14F12N6O3. The average molecular weight is 482 g/mol. The number of rotatable bonds is 17. The zero-order chi connectivity index (χ0) is 23.4. The van der Waals surface area contributed by atoms with Crippen LogP contribution in [0.15, 0.2) is 0 Å². The van der Waals surface area contributed by atoms with Crippen molar-refractivity contribution in [2.75, 3.05) is 32.8 Å². The highest BCUT2D eigenvalue weighted by Gasteiger charge is 2.31. The van der Waals surface area contributed by atoms with E-state index in [0.717, 1.165) is 0 Å². The van der Waals surface area contributed by atoms with Crippen molar-refractivity contribution in [2.24, 2.45) is 0 Å². The fraction of sp³-hybridized carbons (Fsp3) is 1.00. The van der Waals surface area contributed by atoms with Crippen LogP contribution in [0.1, 0.15) is 0 Å². The first kappa shape index (κ1) is 28.8. The van der Waals surface area contributed by atoms with Gasteiger partial charge < -0.3 is 14.2 Å². The summed E-state index contributed by atoms with van der Waals surface area (Å²) in [5.74, 6) is 0. The summed E-state index contributed by atoms with van der Waals surface area (Å²) in [7, 11) is 0. The van der Waals surface area contributed by atoms with E-state index in [9.17, 15) is 53.8 Å². The van der Waals surface area contributed by atoms with E-state index in [-0.39, 0.29) is 0 Å². The summed E-state index contributed by atoms with van der Waals surface area (Å²) in [5, 5.41) is -11.0. The van der Waals surface area contributed by atoms with Crippen LogP contribution in [-0.4, -0.2) is 89.7 Å². The zero-order valence-corrected chi connectivity index (χ0v) is 14.3. The van der Waals surface area contributed by atoms with E-state index in [1.54, 1.807) is 0 Å². The number of ether oxygens (including phenoxy) is 3. The SMILES string of the molecule is FN(F)CC(OCC(COC(CN(F)F)N(F)F)OC(CN(F)F)N(F)F)N(F)F. The highest BCUT2D eigenvalue weighted by Crippen LogP contribution is 2.15. The molecular weight excluding hydrogens is 468 g/mol. The second-order valence-electron chi connectivity index (χ2n) is 5.02. The van der Waals surface area contributed by atoms with E-state index < -0.39 is 89.7 Å². The Hall–Kier alpha value is -1.20. The van der Waals surface area contributed by atoms with Crippen LogP contribution in [-0.2, 0) is 14.2 Å². The molecule has 9 nitrogen and oxygen atoms in total. The number of halogens is 12. The first-order valence-corrected chi connectivity index (χ1v) is 7.31. The fourth-order valence-electron chi connectivity index (χ4n) is 1.63. The lowest BCUT2D eigenvalue weighted by molar-refractivity contribution is -0.331. The average Bonchev–Trinajstić information content (AvgIpc) is 2.58. The van der Waals surface area contributed by atoms with Gasteiger partial charge in [0, 0.05) is 16.0 Å². The molecule has 0 aliphatic carbocycles. The second kappa shape index (κ2) is 14.7. The number of nitrogens with zero attached hydrogens (tertiary/aromatic N) is 6. The highest BCUT2D eigenvalue weighted by atomic mass is 19.4. The zero-order valence-electron chi connectivity index (χ0n) is 14.3. The van der Waals surface area contributed by atoms with Crippen LogP contribution < -0.4 is 0 Å². The fourth-order valence-corrected chi connectivity index (χ4v) is 1.63. The van der Waals surface area contributed by atoms with Gasteiger partial charge >= 0.3 is 0 Å². The molecule has 0 N–H and O–H groups in total. The van der Waals surface area contributed by atoms with Gasteiger partial charge in [0.05, 0.1) is 29.2 Å². The Balaban J connectivity index is 5.21. The summed E-state index contributed by atoms with van der Waals surface area (Å²) < 4.78 is 161. The molecule has 0 heterocycles. The first-order valence-electron chi connectivity index (χ1n) is 7.31. The van der Waals surface area contributed by atoms with Gasteiger partial charge in [0.1, 0.15) is 25.7 Å². The Labute approximate surface area is 159 Å². The first-order chi connectivity index (χ1) is 13.8. The molecule has 0 radical (unpaired) electrons. The highest BCUT2D eigenvalue weighted by molar-refractivity contribution is 4.63. The van der Waals surface area contributed by atoms with E-state index >= 15 is 0 Å². The minimum absolute atomic E-state index is 1.36. The van der Waals surface area contributed by atoms with Gasteiger partial charge in [0.25, 0.3) is 0 Å². The molecule has 0 bridgehead atoms. The quantitative estimate of drug-likeness (QED) is 0.177. The van der Waals surface area contributed by atoms with Crippen LogP contribution >= 0.6 is 0 Å². The van der Waals surface area contributed by atoms with Crippen LogP contribution in [0.4, 0.5) is 53.8 Å². The monoisotopic (exact) mass is 482 g/mol. The van der Waals surface area contributed by atoms with Crippen LogP contribution in [0.2, 0.25) is 0 Å². The van der Waals surface area contributed by atoms with Gasteiger partial charge in [-0.15, -0.1) is 26.9 Å². The lowest BCUT2D eigenvalue weighted by Crippen LogP contribution is -2.44. The lowest BCUT2D eigenvalue weighted by Gasteiger charge is -2.27. The van der Waals surface area contributed by atoms with Crippen LogP contribution in [0.25, 0.3) is 0 Å². The molecule has 0 aromatic carbocycles. The van der Waals surface area contributed by atoms with Gasteiger partial charge in [0.15, 0.2) is 18.7 Å². The number of hydrogen-bond acceptors (Lipinski definition) is 9. The van der Waals surface area contributed by atoms with Crippen LogP contribution in [0.3, 0.4) is 0 Å². The van der Waals surface area contributed by atoms with Crippen molar-refractivity contribution in [1.29, 1.82) is 0 Å². The van der Waals surface area contributed by atoms with Crippen molar-refractivity contribution in [3.8, 4) is 0 Å². The van der Waals surface area contributed by atoms with E-state index in [0.29, 0.717) is 0 Å². The van der Waals surface area contributed by atoms with Gasteiger partial charge in [-0.2, -0.15) is 0 Å². The second-order valence-corrected chi connectivity index (χ2v) is 5.02. The van der Waals surface area contributed by atoms with Crippen molar-refractivity contribution in [2.45, 2.75) is 24.8 Å². The van der Waals surface area contributed by atoms with E-state index in [4.69, 9.17) is 0 Å².